The Labute approximate surface area is 264 Å². The van der Waals surface area contributed by atoms with E-state index in [0.717, 1.165) is 21.9 Å². The van der Waals surface area contributed by atoms with Crippen molar-refractivity contribution in [1.29, 1.82) is 0 Å². The number of sulfonamides is 1. The second-order valence-electron chi connectivity index (χ2n) is 10.9. The van der Waals surface area contributed by atoms with Gasteiger partial charge in [0.25, 0.3) is 0 Å². The van der Waals surface area contributed by atoms with Gasteiger partial charge in [0.15, 0.2) is 0 Å². The van der Waals surface area contributed by atoms with E-state index in [4.69, 9.17) is 4.74 Å². The summed E-state index contributed by atoms with van der Waals surface area (Å²) in [5.41, 5.74) is 2.32. The van der Waals surface area contributed by atoms with Crippen LogP contribution in [0.15, 0.2) is 83.3 Å². The quantitative estimate of drug-likeness (QED) is 0.208. The minimum atomic E-state index is -3.60. The number of carbonyl (C=O) groups is 2. The first-order chi connectivity index (χ1) is 20.5. The fourth-order valence-electron chi connectivity index (χ4n) is 4.69. The molecular weight excluding hydrogens is 630 g/mol. The molecule has 232 valence electrons. The summed E-state index contributed by atoms with van der Waals surface area (Å²) in [5.74, 6) is 0.465. The molecular formula is C33H42BrN3O5S. The maximum absolute atomic E-state index is 13.9. The van der Waals surface area contributed by atoms with Gasteiger partial charge in [-0.1, -0.05) is 72.2 Å². The summed E-state index contributed by atoms with van der Waals surface area (Å²) in [6.45, 7) is 7.28. The number of ether oxygens (including phenoxy) is 1. The topological polar surface area (TPSA) is 96.0 Å². The molecule has 8 nitrogen and oxygen atoms in total. The first-order valence-electron chi connectivity index (χ1n) is 14.5. The first kappa shape index (κ1) is 34.1. The number of hydrogen-bond donors (Lipinski definition) is 1. The van der Waals surface area contributed by atoms with E-state index in [0.29, 0.717) is 31.0 Å². The normalized spacial score (nSPS) is 12.0. The van der Waals surface area contributed by atoms with Crippen LogP contribution in [0, 0.1) is 5.92 Å². The summed E-state index contributed by atoms with van der Waals surface area (Å²) in [6, 6.07) is 23.4. The van der Waals surface area contributed by atoms with Gasteiger partial charge in [-0.3, -0.25) is 13.9 Å². The number of rotatable bonds is 16. The Bertz CT molecular complexity index is 1430. The van der Waals surface area contributed by atoms with Crippen LogP contribution >= 0.6 is 15.9 Å². The summed E-state index contributed by atoms with van der Waals surface area (Å²) < 4.78 is 33.0. The Balaban J connectivity index is 1.86. The van der Waals surface area contributed by atoms with Crippen LogP contribution < -0.4 is 14.4 Å². The van der Waals surface area contributed by atoms with E-state index in [1.54, 1.807) is 29.2 Å². The lowest BCUT2D eigenvalue weighted by molar-refractivity contribution is -0.141. The Morgan fingerprint density at radius 3 is 2.23 bits per heavy atom. The van der Waals surface area contributed by atoms with Crippen LogP contribution in [0.25, 0.3) is 0 Å². The molecule has 0 aromatic heterocycles. The number of amides is 2. The van der Waals surface area contributed by atoms with Crippen molar-refractivity contribution in [1.82, 2.24) is 10.2 Å². The maximum atomic E-state index is 13.9. The molecule has 3 aromatic rings. The van der Waals surface area contributed by atoms with E-state index in [1.165, 1.54) is 4.31 Å². The average molecular weight is 673 g/mol. The van der Waals surface area contributed by atoms with Crippen LogP contribution in [-0.2, 0) is 32.6 Å². The molecule has 0 aliphatic rings. The third-order valence-electron chi connectivity index (χ3n) is 6.79. The van der Waals surface area contributed by atoms with Crippen molar-refractivity contribution in [2.24, 2.45) is 5.92 Å². The number of benzene rings is 3. The summed E-state index contributed by atoms with van der Waals surface area (Å²) in [6.07, 6.45) is 1.85. The van der Waals surface area contributed by atoms with Crippen molar-refractivity contribution in [3.8, 4) is 5.75 Å². The fourth-order valence-corrected chi connectivity index (χ4v) is 6.10. The third-order valence-corrected chi connectivity index (χ3v) is 8.47. The maximum Gasteiger partial charge on any atom is 0.243 e. The number of anilines is 1. The minimum Gasteiger partial charge on any atom is -0.494 e. The molecule has 0 aliphatic carbocycles. The van der Waals surface area contributed by atoms with Crippen LogP contribution in [0.2, 0.25) is 0 Å². The van der Waals surface area contributed by atoms with Crippen LogP contribution in [0.5, 0.6) is 5.75 Å². The van der Waals surface area contributed by atoms with E-state index in [9.17, 15) is 18.0 Å². The molecule has 0 unspecified atom stereocenters. The van der Waals surface area contributed by atoms with Gasteiger partial charge in [0, 0.05) is 36.9 Å². The van der Waals surface area contributed by atoms with E-state index >= 15 is 0 Å². The minimum absolute atomic E-state index is 0.0692. The van der Waals surface area contributed by atoms with Gasteiger partial charge in [-0.2, -0.15) is 0 Å². The Morgan fingerprint density at radius 1 is 0.953 bits per heavy atom. The molecule has 0 heterocycles. The van der Waals surface area contributed by atoms with Crippen molar-refractivity contribution in [2.75, 3.05) is 30.3 Å². The standard InChI is InChI=1S/C33H42BrN3O5S/c1-5-42-30-18-16-29(17-19-30)37(43(4,40)41)20-10-15-32(38)36(24-27-13-9-14-28(34)21-27)31(33(39)35-23-25(2)3)22-26-11-7-6-8-12-26/h6-9,11-14,16-19,21,25,31H,5,10,15,20,22-24H2,1-4H3,(H,35,39)/t31-/m0/s1. The lowest BCUT2D eigenvalue weighted by Gasteiger charge is -2.32. The van der Waals surface area contributed by atoms with Gasteiger partial charge in [0.05, 0.1) is 18.6 Å². The largest absolute Gasteiger partial charge is 0.494 e. The van der Waals surface area contributed by atoms with Crippen molar-refractivity contribution < 1.29 is 22.7 Å². The molecule has 0 fully saturated rings. The van der Waals surface area contributed by atoms with Gasteiger partial charge in [0.1, 0.15) is 11.8 Å². The van der Waals surface area contributed by atoms with Gasteiger partial charge < -0.3 is 15.0 Å². The van der Waals surface area contributed by atoms with E-state index < -0.39 is 16.1 Å². The lowest BCUT2D eigenvalue weighted by atomic mass is 10.0. The second kappa shape index (κ2) is 16.5. The van der Waals surface area contributed by atoms with Crippen LogP contribution in [0.1, 0.15) is 44.7 Å². The number of carbonyl (C=O) groups excluding carboxylic acids is 2. The predicted octanol–water partition coefficient (Wildman–Crippen LogP) is 5.81. The summed E-state index contributed by atoms with van der Waals surface area (Å²) in [4.78, 5) is 29.2. The molecule has 2 amide bonds. The molecule has 0 radical (unpaired) electrons. The summed E-state index contributed by atoms with van der Waals surface area (Å²) >= 11 is 3.51. The van der Waals surface area contributed by atoms with Crippen LogP contribution in [0.3, 0.4) is 0 Å². The smallest absolute Gasteiger partial charge is 0.243 e. The Morgan fingerprint density at radius 2 is 1.63 bits per heavy atom. The van der Waals surface area contributed by atoms with Crippen LogP contribution in [0.4, 0.5) is 5.69 Å². The van der Waals surface area contributed by atoms with E-state index in [-0.39, 0.29) is 43.7 Å². The van der Waals surface area contributed by atoms with Gasteiger partial charge in [-0.05, 0) is 66.8 Å². The molecule has 1 N–H and O–H groups in total. The number of nitrogens with one attached hydrogen (secondary N) is 1. The molecule has 1 atom stereocenters. The number of halogens is 1. The van der Waals surface area contributed by atoms with Crippen molar-refractivity contribution in [3.05, 3.63) is 94.5 Å². The molecule has 0 spiro atoms. The van der Waals surface area contributed by atoms with E-state index in [2.05, 4.69) is 21.2 Å². The lowest BCUT2D eigenvalue weighted by Crippen LogP contribution is -2.51. The fraction of sp³-hybridized carbons (Fsp3) is 0.394. The van der Waals surface area contributed by atoms with E-state index in [1.807, 2.05) is 75.4 Å². The van der Waals surface area contributed by atoms with Crippen molar-refractivity contribution in [3.63, 3.8) is 0 Å². The zero-order chi connectivity index (χ0) is 31.4. The highest BCUT2D eigenvalue weighted by Gasteiger charge is 2.30. The molecule has 3 aromatic carbocycles. The highest BCUT2D eigenvalue weighted by molar-refractivity contribution is 9.10. The number of hydrogen-bond acceptors (Lipinski definition) is 5. The van der Waals surface area contributed by atoms with Crippen molar-refractivity contribution >= 4 is 43.5 Å². The number of nitrogens with zero attached hydrogens (tertiary/aromatic N) is 2. The summed E-state index contributed by atoms with van der Waals surface area (Å²) in [7, 11) is -3.60. The average Bonchev–Trinajstić information content (AvgIpc) is 2.96. The van der Waals surface area contributed by atoms with Crippen LogP contribution in [-0.4, -0.2) is 57.1 Å². The zero-order valence-corrected chi connectivity index (χ0v) is 27.7. The Hall–Kier alpha value is -3.37. The molecule has 0 saturated carbocycles. The second-order valence-corrected chi connectivity index (χ2v) is 13.7. The highest BCUT2D eigenvalue weighted by atomic mass is 79.9. The first-order valence-corrected chi connectivity index (χ1v) is 17.2. The zero-order valence-electron chi connectivity index (χ0n) is 25.3. The Kier molecular flexibility index (Phi) is 13.1. The molecule has 43 heavy (non-hydrogen) atoms. The van der Waals surface area contributed by atoms with Crippen molar-refractivity contribution in [2.45, 2.75) is 52.6 Å². The highest BCUT2D eigenvalue weighted by Crippen LogP contribution is 2.23. The summed E-state index contributed by atoms with van der Waals surface area (Å²) in [5, 5.41) is 3.02. The molecule has 0 bridgehead atoms. The SMILES string of the molecule is CCOc1ccc(N(CCCC(=O)N(Cc2cccc(Br)c2)[C@@H](Cc2ccccc2)C(=O)NCC(C)C)S(C)(=O)=O)cc1. The predicted molar refractivity (Wildman–Crippen MR) is 176 cm³/mol. The molecule has 0 saturated heterocycles. The van der Waals surface area contributed by atoms with Gasteiger partial charge in [-0.25, -0.2) is 8.42 Å². The van der Waals surface area contributed by atoms with Gasteiger partial charge in [-0.15, -0.1) is 0 Å². The monoisotopic (exact) mass is 671 g/mol. The molecule has 0 aliphatic heterocycles. The van der Waals surface area contributed by atoms with Gasteiger partial charge >= 0.3 is 0 Å². The molecule has 3 rings (SSSR count). The van der Waals surface area contributed by atoms with Gasteiger partial charge in [0.2, 0.25) is 21.8 Å². The third kappa shape index (κ3) is 11.0. The molecule has 10 heteroatoms.